The monoisotopic (exact) mass is 384 g/mol. The van der Waals surface area contributed by atoms with Crippen molar-refractivity contribution in [2.45, 2.75) is 4.90 Å². The van der Waals surface area contributed by atoms with Crippen LogP contribution < -0.4 is 5.73 Å². The highest BCUT2D eigenvalue weighted by molar-refractivity contribution is 7.89. The number of hydrogen-bond acceptors (Lipinski definition) is 5. The quantitative estimate of drug-likeness (QED) is 0.547. The summed E-state index contributed by atoms with van der Waals surface area (Å²) < 4.78 is 27.2. The minimum atomic E-state index is -3.54. The molecule has 0 atom stereocenters. The number of carbonyl (C=O) groups excluding carboxylic acids is 1. The van der Waals surface area contributed by atoms with E-state index in [0.717, 1.165) is 15.2 Å². The SMILES string of the molecule is CN(C)S(=O)(=O)c1ccc(-n2nc(C(N)=O)c3ccc4[nH]ncc4c32)cc1. The molecule has 0 aliphatic carbocycles. The van der Waals surface area contributed by atoms with Gasteiger partial charge in [-0.2, -0.15) is 10.2 Å². The van der Waals surface area contributed by atoms with Gasteiger partial charge in [-0.3, -0.25) is 9.89 Å². The minimum absolute atomic E-state index is 0.137. The molecule has 0 aliphatic heterocycles. The van der Waals surface area contributed by atoms with Crippen molar-refractivity contribution in [1.82, 2.24) is 24.3 Å². The van der Waals surface area contributed by atoms with Crippen LogP contribution in [0.25, 0.3) is 27.5 Å². The first-order valence-corrected chi connectivity index (χ1v) is 9.42. The lowest BCUT2D eigenvalue weighted by Crippen LogP contribution is -2.22. The highest BCUT2D eigenvalue weighted by atomic mass is 32.2. The number of aromatic nitrogens is 4. The fraction of sp³-hybridized carbons (Fsp3) is 0.118. The molecular formula is C17H16N6O3S. The van der Waals surface area contributed by atoms with Crippen molar-refractivity contribution in [3.05, 3.63) is 48.3 Å². The molecule has 2 heterocycles. The second-order valence-corrected chi connectivity index (χ2v) is 8.35. The number of hydrogen-bond donors (Lipinski definition) is 2. The number of nitrogens with two attached hydrogens (primary N) is 1. The summed E-state index contributed by atoms with van der Waals surface area (Å²) in [5, 5.41) is 12.6. The van der Waals surface area contributed by atoms with Crippen LogP contribution in [0.3, 0.4) is 0 Å². The van der Waals surface area contributed by atoms with Crippen molar-refractivity contribution in [3.63, 3.8) is 0 Å². The van der Waals surface area contributed by atoms with Gasteiger partial charge < -0.3 is 5.73 Å². The van der Waals surface area contributed by atoms with E-state index in [9.17, 15) is 13.2 Å². The molecule has 27 heavy (non-hydrogen) atoms. The summed E-state index contributed by atoms with van der Waals surface area (Å²) in [5.41, 5.74) is 7.66. The zero-order chi connectivity index (χ0) is 19.3. The smallest absolute Gasteiger partial charge is 0.269 e. The van der Waals surface area contributed by atoms with Gasteiger partial charge in [0.05, 0.1) is 27.8 Å². The molecule has 0 spiro atoms. The molecule has 1 amide bonds. The number of aromatic amines is 1. The minimum Gasteiger partial charge on any atom is -0.364 e. The summed E-state index contributed by atoms with van der Waals surface area (Å²) in [6, 6.07) is 9.81. The first kappa shape index (κ1) is 17.2. The lowest BCUT2D eigenvalue weighted by molar-refractivity contribution is 0.0996. The number of carbonyl (C=O) groups is 1. The zero-order valence-corrected chi connectivity index (χ0v) is 15.4. The predicted molar refractivity (Wildman–Crippen MR) is 100 cm³/mol. The summed E-state index contributed by atoms with van der Waals surface area (Å²) in [6.07, 6.45) is 1.64. The van der Waals surface area contributed by atoms with Gasteiger partial charge in [0.25, 0.3) is 5.91 Å². The number of nitrogens with zero attached hydrogens (tertiary/aromatic N) is 4. The fourth-order valence-electron chi connectivity index (χ4n) is 2.96. The van der Waals surface area contributed by atoms with E-state index in [4.69, 9.17) is 5.73 Å². The van der Waals surface area contributed by atoms with Crippen LogP contribution in [0.5, 0.6) is 0 Å². The number of primary amides is 1. The Morgan fingerprint density at radius 3 is 2.44 bits per heavy atom. The average Bonchev–Trinajstić information content (AvgIpc) is 3.25. The van der Waals surface area contributed by atoms with E-state index in [2.05, 4.69) is 15.3 Å². The maximum Gasteiger partial charge on any atom is 0.269 e. The second kappa shape index (κ2) is 5.89. The Morgan fingerprint density at radius 2 is 1.81 bits per heavy atom. The number of rotatable bonds is 4. The van der Waals surface area contributed by atoms with Gasteiger partial charge in [-0.05, 0) is 36.4 Å². The highest BCUT2D eigenvalue weighted by Gasteiger charge is 2.20. The molecule has 0 fully saturated rings. The standard InChI is InChI=1S/C17H16N6O3S/c1-22(2)27(25,26)11-5-3-10(4-6-11)23-16-12(15(21-23)17(18)24)7-8-14-13(16)9-19-20-14/h3-9H,1-2H3,(H2,18,24)(H,19,20). The molecule has 2 aromatic heterocycles. The summed E-state index contributed by atoms with van der Waals surface area (Å²) >= 11 is 0. The second-order valence-electron chi connectivity index (χ2n) is 6.20. The molecule has 4 aromatic rings. The molecule has 0 unspecified atom stereocenters. The Bertz CT molecular complexity index is 1290. The van der Waals surface area contributed by atoms with E-state index in [1.807, 2.05) is 0 Å². The summed E-state index contributed by atoms with van der Waals surface area (Å²) in [7, 11) is -0.595. The third-order valence-electron chi connectivity index (χ3n) is 4.36. The van der Waals surface area contributed by atoms with Crippen LogP contribution in [-0.2, 0) is 10.0 Å². The third-order valence-corrected chi connectivity index (χ3v) is 6.19. The van der Waals surface area contributed by atoms with Crippen molar-refractivity contribution < 1.29 is 13.2 Å². The van der Waals surface area contributed by atoms with Gasteiger partial charge in [0.2, 0.25) is 10.0 Å². The summed E-state index contributed by atoms with van der Waals surface area (Å²) in [4.78, 5) is 12.0. The molecule has 10 heteroatoms. The van der Waals surface area contributed by atoms with Gasteiger partial charge in [-0.15, -0.1) is 0 Å². The fourth-order valence-corrected chi connectivity index (χ4v) is 3.87. The molecule has 4 rings (SSSR count). The molecule has 138 valence electrons. The topological polar surface area (TPSA) is 127 Å². The van der Waals surface area contributed by atoms with E-state index < -0.39 is 15.9 Å². The average molecular weight is 384 g/mol. The first-order valence-electron chi connectivity index (χ1n) is 7.98. The Balaban J connectivity index is 1.96. The van der Waals surface area contributed by atoms with Gasteiger partial charge >= 0.3 is 0 Å². The molecule has 0 saturated heterocycles. The molecule has 0 bridgehead atoms. The van der Waals surface area contributed by atoms with Gasteiger partial charge in [0, 0.05) is 24.9 Å². The van der Waals surface area contributed by atoms with E-state index in [-0.39, 0.29) is 10.6 Å². The highest BCUT2D eigenvalue weighted by Crippen LogP contribution is 2.29. The van der Waals surface area contributed by atoms with E-state index in [1.165, 1.54) is 26.2 Å². The Kier molecular flexibility index (Phi) is 3.75. The van der Waals surface area contributed by atoms with Crippen molar-refractivity contribution in [2.24, 2.45) is 5.73 Å². The predicted octanol–water partition coefficient (Wildman–Crippen LogP) is 1.25. The summed E-state index contributed by atoms with van der Waals surface area (Å²) in [6.45, 7) is 0. The number of sulfonamides is 1. The van der Waals surface area contributed by atoms with Crippen LogP contribution in [0.2, 0.25) is 0 Å². The van der Waals surface area contributed by atoms with Gasteiger partial charge in [-0.1, -0.05) is 0 Å². The number of H-pyrrole nitrogens is 1. The molecule has 0 saturated carbocycles. The van der Waals surface area contributed by atoms with Gasteiger partial charge in [0.1, 0.15) is 0 Å². The van der Waals surface area contributed by atoms with E-state index >= 15 is 0 Å². The largest absolute Gasteiger partial charge is 0.364 e. The van der Waals surface area contributed by atoms with Crippen LogP contribution in [0, 0.1) is 0 Å². The van der Waals surface area contributed by atoms with Gasteiger partial charge in [0.15, 0.2) is 5.69 Å². The molecule has 2 aromatic carbocycles. The summed E-state index contributed by atoms with van der Waals surface area (Å²) in [5.74, 6) is -0.645. The van der Waals surface area contributed by atoms with Crippen LogP contribution in [0.4, 0.5) is 0 Å². The molecule has 0 aliphatic rings. The lowest BCUT2D eigenvalue weighted by atomic mass is 10.1. The van der Waals surface area contributed by atoms with Crippen LogP contribution in [0.15, 0.2) is 47.5 Å². The van der Waals surface area contributed by atoms with Crippen molar-refractivity contribution in [2.75, 3.05) is 14.1 Å². The maximum atomic E-state index is 12.3. The van der Waals surface area contributed by atoms with Crippen molar-refractivity contribution in [1.29, 1.82) is 0 Å². The van der Waals surface area contributed by atoms with Gasteiger partial charge in [-0.25, -0.2) is 17.4 Å². The number of fused-ring (bicyclic) bond motifs is 3. The first-order chi connectivity index (χ1) is 12.8. The molecule has 9 nitrogen and oxygen atoms in total. The van der Waals surface area contributed by atoms with Crippen LogP contribution in [-0.4, -0.2) is 52.7 Å². The molecule has 3 N–H and O–H groups in total. The third kappa shape index (κ3) is 2.57. The van der Waals surface area contributed by atoms with Crippen LogP contribution >= 0.6 is 0 Å². The number of benzene rings is 2. The Hall–Kier alpha value is -3.24. The molecule has 0 radical (unpaired) electrons. The lowest BCUT2D eigenvalue weighted by Gasteiger charge is -2.12. The molecular weight excluding hydrogens is 368 g/mol. The van der Waals surface area contributed by atoms with Crippen molar-refractivity contribution in [3.8, 4) is 5.69 Å². The Labute approximate surface area is 154 Å². The maximum absolute atomic E-state index is 12.3. The number of nitrogens with one attached hydrogen (secondary N) is 1. The van der Waals surface area contributed by atoms with E-state index in [0.29, 0.717) is 16.6 Å². The Morgan fingerprint density at radius 1 is 1.11 bits per heavy atom. The zero-order valence-electron chi connectivity index (χ0n) is 14.5. The van der Waals surface area contributed by atoms with Crippen molar-refractivity contribution >= 4 is 37.7 Å². The number of amides is 1. The van der Waals surface area contributed by atoms with Crippen LogP contribution in [0.1, 0.15) is 10.5 Å². The van der Waals surface area contributed by atoms with E-state index in [1.54, 1.807) is 35.1 Å². The normalized spacial score (nSPS) is 12.3.